The minimum absolute atomic E-state index is 0.146. The molecule has 1 heterocycles. The molecular weight excluding hydrogens is 578 g/mol. The molecule has 4 rings (SSSR count). The summed E-state index contributed by atoms with van der Waals surface area (Å²) in [6.45, 7) is 12.9. The zero-order chi connectivity index (χ0) is 32.8. The van der Waals surface area contributed by atoms with Gasteiger partial charge in [0.25, 0.3) is 0 Å². The number of aromatic hydroxyl groups is 2. The molecule has 0 spiro atoms. The van der Waals surface area contributed by atoms with Crippen LogP contribution in [0.5, 0.6) is 23.0 Å². The van der Waals surface area contributed by atoms with E-state index in [1.54, 1.807) is 52.0 Å². The number of rotatable bonds is 11. The molecule has 11 nitrogen and oxygen atoms in total. The molecule has 0 radical (unpaired) electrons. The van der Waals surface area contributed by atoms with Crippen LogP contribution in [0.15, 0.2) is 48.5 Å². The Balaban J connectivity index is 1.79. The molecule has 0 fully saturated rings. The maximum absolute atomic E-state index is 12.0. The predicted molar refractivity (Wildman–Crippen MR) is 167 cm³/mol. The summed E-state index contributed by atoms with van der Waals surface area (Å²) in [7, 11) is 0. The number of ether oxygens (including phenoxy) is 4. The normalized spacial score (nSPS) is 12.2. The maximum atomic E-state index is 12.0. The Kier molecular flexibility index (Phi) is 10.2. The molecule has 0 aliphatic carbocycles. The van der Waals surface area contributed by atoms with Crippen LogP contribution in [0.4, 0.5) is 0 Å². The van der Waals surface area contributed by atoms with Gasteiger partial charge < -0.3 is 29.2 Å². The first-order valence-corrected chi connectivity index (χ1v) is 14.6. The number of hydrogen-bond acceptors (Lipinski definition) is 11. The summed E-state index contributed by atoms with van der Waals surface area (Å²) in [6, 6.07) is 13.1. The van der Waals surface area contributed by atoms with Crippen LogP contribution in [0.1, 0.15) is 44.4 Å². The molecule has 0 amide bonds. The number of phenols is 2. The lowest BCUT2D eigenvalue weighted by Crippen LogP contribution is -2.26. The Hall–Kier alpha value is -5.19. The zero-order valence-electron chi connectivity index (χ0n) is 26.4. The van der Waals surface area contributed by atoms with Gasteiger partial charge in [-0.3, -0.25) is 0 Å². The fourth-order valence-electron chi connectivity index (χ4n) is 4.83. The van der Waals surface area contributed by atoms with Crippen LogP contribution in [0.3, 0.4) is 0 Å². The topological polar surface area (TPSA) is 150 Å². The fraction of sp³-hybridized carbons (Fsp3) is 0.324. The van der Waals surface area contributed by atoms with E-state index in [-0.39, 0.29) is 59.0 Å². The number of aromatic nitrogens is 3. The van der Waals surface area contributed by atoms with Crippen molar-refractivity contribution in [1.82, 2.24) is 15.0 Å². The highest BCUT2D eigenvalue weighted by Crippen LogP contribution is 2.37. The molecule has 0 saturated heterocycles. The van der Waals surface area contributed by atoms with Crippen LogP contribution >= 0.6 is 0 Å². The summed E-state index contributed by atoms with van der Waals surface area (Å²) in [5, 5.41) is 22.1. The third-order valence-corrected chi connectivity index (χ3v) is 6.82. The SMILES string of the molecule is CCOC(=O)C(C)Oc1ccc(-c2nc(-c3ccc(OC(C)C(=O)OCC)cc3O)nc(-c3c(C)cc(C)cc3C)n2)c(O)c1. The second-order valence-corrected chi connectivity index (χ2v) is 10.5. The van der Waals surface area contributed by atoms with Gasteiger partial charge in [0.1, 0.15) is 23.0 Å². The third kappa shape index (κ3) is 7.67. The number of nitrogens with zero attached hydrogens (tertiary/aromatic N) is 3. The number of aryl methyl sites for hydroxylation is 3. The van der Waals surface area contributed by atoms with Crippen LogP contribution in [-0.2, 0) is 19.1 Å². The van der Waals surface area contributed by atoms with E-state index in [2.05, 4.69) is 4.98 Å². The van der Waals surface area contributed by atoms with Crippen molar-refractivity contribution < 1.29 is 38.7 Å². The highest BCUT2D eigenvalue weighted by atomic mass is 16.6. The van der Waals surface area contributed by atoms with Crippen molar-refractivity contribution in [2.75, 3.05) is 13.2 Å². The van der Waals surface area contributed by atoms with Crippen molar-refractivity contribution in [3.05, 3.63) is 65.2 Å². The number of phenolic OH excluding ortho intramolecular Hbond substituents is 2. The fourth-order valence-corrected chi connectivity index (χ4v) is 4.83. The standard InChI is InChI=1S/C34H37N3O8/c1-8-42-33(40)21(6)44-23-10-12-25(27(38)16-23)30-35-31(37-32(36-30)29-19(4)14-18(3)15-20(29)5)26-13-11-24(17-28(26)39)45-22(7)34(41)43-9-2/h10-17,21-22,38-39H,8-9H2,1-7H3. The first kappa shape index (κ1) is 32.7. The third-order valence-electron chi connectivity index (χ3n) is 6.82. The number of carbonyl (C=O) groups is 2. The van der Waals surface area contributed by atoms with Crippen molar-refractivity contribution in [3.8, 4) is 57.2 Å². The van der Waals surface area contributed by atoms with E-state index < -0.39 is 24.1 Å². The van der Waals surface area contributed by atoms with Gasteiger partial charge in [-0.1, -0.05) is 17.7 Å². The van der Waals surface area contributed by atoms with Crippen molar-refractivity contribution in [3.63, 3.8) is 0 Å². The van der Waals surface area contributed by atoms with Crippen molar-refractivity contribution in [1.29, 1.82) is 0 Å². The van der Waals surface area contributed by atoms with Crippen LogP contribution in [0.2, 0.25) is 0 Å². The average molecular weight is 616 g/mol. The molecule has 0 saturated carbocycles. The van der Waals surface area contributed by atoms with Crippen molar-refractivity contribution >= 4 is 11.9 Å². The number of esters is 2. The molecule has 11 heteroatoms. The van der Waals surface area contributed by atoms with Crippen LogP contribution in [0, 0.1) is 20.8 Å². The molecule has 236 valence electrons. The lowest BCUT2D eigenvalue weighted by atomic mass is 9.99. The van der Waals surface area contributed by atoms with Crippen LogP contribution in [0.25, 0.3) is 34.2 Å². The number of carbonyl (C=O) groups excluding carboxylic acids is 2. The Bertz CT molecular complexity index is 1610. The average Bonchev–Trinajstić information content (AvgIpc) is 2.97. The summed E-state index contributed by atoms with van der Waals surface area (Å²) in [5.74, 6) is -0.290. The van der Waals surface area contributed by atoms with Gasteiger partial charge in [-0.05, 0) is 83.9 Å². The molecule has 45 heavy (non-hydrogen) atoms. The molecular formula is C34H37N3O8. The summed E-state index contributed by atoms with van der Waals surface area (Å²) in [6.07, 6.45) is -1.76. The highest BCUT2D eigenvalue weighted by Gasteiger charge is 2.22. The molecule has 1 aromatic heterocycles. The molecule has 2 N–H and O–H groups in total. The van der Waals surface area contributed by atoms with Gasteiger partial charge in [0.05, 0.1) is 24.3 Å². The monoisotopic (exact) mass is 615 g/mol. The molecule has 0 aliphatic rings. The lowest BCUT2D eigenvalue weighted by molar-refractivity contribution is -0.151. The number of benzene rings is 3. The van der Waals surface area contributed by atoms with Gasteiger partial charge in [0.15, 0.2) is 29.7 Å². The van der Waals surface area contributed by atoms with Gasteiger partial charge in [-0.2, -0.15) is 0 Å². The number of hydrogen-bond donors (Lipinski definition) is 2. The van der Waals surface area contributed by atoms with Gasteiger partial charge in [-0.25, -0.2) is 24.5 Å². The second-order valence-electron chi connectivity index (χ2n) is 10.5. The van der Waals surface area contributed by atoms with Gasteiger partial charge >= 0.3 is 11.9 Å². The van der Waals surface area contributed by atoms with E-state index >= 15 is 0 Å². The van der Waals surface area contributed by atoms with E-state index in [1.165, 1.54) is 12.1 Å². The predicted octanol–water partition coefficient (Wildman–Crippen LogP) is 5.87. The summed E-state index contributed by atoms with van der Waals surface area (Å²) in [5.41, 5.74) is 4.31. The van der Waals surface area contributed by atoms with Crippen LogP contribution < -0.4 is 9.47 Å². The van der Waals surface area contributed by atoms with E-state index in [0.717, 1.165) is 22.3 Å². The zero-order valence-corrected chi connectivity index (χ0v) is 26.4. The first-order chi connectivity index (χ1) is 21.4. The molecule has 0 bridgehead atoms. The summed E-state index contributed by atoms with van der Waals surface area (Å²) >= 11 is 0. The van der Waals surface area contributed by atoms with Crippen molar-refractivity contribution in [2.24, 2.45) is 0 Å². The van der Waals surface area contributed by atoms with Gasteiger partial charge in [0, 0.05) is 17.7 Å². The molecule has 2 unspecified atom stereocenters. The van der Waals surface area contributed by atoms with Gasteiger partial charge in [-0.15, -0.1) is 0 Å². The van der Waals surface area contributed by atoms with E-state index in [0.29, 0.717) is 5.82 Å². The summed E-state index contributed by atoms with van der Waals surface area (Å²) < 4.78 is 21.3. The first-order valence-electron chi connectivity index (χ1n) is 14.6. The lowest BCUT2D eigenvalue weighted by Gasteiger charge is -2.16. The molecule has 4 aromatic rings. The van der Waals surface area contributed by atoms with Crippen molar-refractivity contribution in [2.45, 2.75) is 60.7 Å². The van der Waals surface area contributed by atoms with E-state index in [9.17, 15) is 19.8 Å². The Labute approximate surface area is 261 Å². The minimum Gasteiger partial charge on any atom is -0.507 e. The van der Waals surface area contributed by atoms with E-state index in [1.807, 2.05) is 32.9 Å². The van der Waals surface area contributed by atoms with Crippen LogP contribution in [-0.4, -0.2) is 62.5 Å². The maximum Gasteiger partial charge on any atom is 0.347 e. The largest absolute Gasteiger partial charge is 0.507 e. The Morgan fingerprint density at radius 3 is 1.44 bits per heavy atom. The summed E-state index contributed by atoms with van der Waals surface area (Å²) in [4.78, 5) is 38.1. The smallest absolute Gasteiger partial charge is 0.347 e. The van der Waals surface area contributed by atoms with E-state index in [4.69, 9.17) is 28.9 Å². The van der Waals surface area contributed by atoms with Gasteiger partial charge in [0.2, 0.25) is 0 Å². The second kappa shape index (κ2) is 14.1. The Morgan fingerprint density at radius 1 is 0.667 bits per heavy atom. The molecule has 3 aromatic carbocycles. The Morgan fingerprint density at radius 2 is 1.07 bits per heavy atom. The quantitative estimate of drug-likeness (QED) is 0.195. The minimum atomic E-state index is -0.881. The highest BCUT2D eigenvalue weighted by molar-refractivity contribution is 5.77. The molecule has 2 atom stereocenters. The molecule has 0 aliphatic heterocycles.